The lowest BCUT2D eigenvalue weighted by Crippen LogP contribution is -2.23. The number of nitrogens with one attached hydrogen (secondary N) is 1. The molecule has 142 valence electrons. The van der Waals surface area contributed by atoms with Gasteiger partial charge >= 0.3 is 5.97 Å². The Balaban J connectivity index is 1.39. The van der Waals surface area contributed by atoms with E-state index in [2.05, 4.69) is 10.2 Å². The average molecular weight is 368 g/mol. The molecule has 0 aromatic heterocycles. The third kappa shape index (κ3) is 5.74. The highest BCUT2D eigenvalue weighted by Gasteiger charge is 2.13. The number of hydrogen-bond acceptors (Lipinski definition) is 5. The number of benzene rings is 2. The van der Waals surface area contributed by atoms with E-state index in [1.165, 1.54) is 12.8 Å². The van der Waals surface area contributed by atoms with Crippen molar-refractivity contribution in [3.05, 3.63) is 54.1 Å². The lowest BCUT2D eigenvalue weighted by Gasteiger charge is -2.17. The Morgan fingerprint density at radius 2 is 1.78 bits per heavy atom. The van der Waals surface area contributed by atoms with E-state index in [0.717, 1.165) is 24.3 Å². The molecule has 0 saturated carbocycles. The maximum Gasteiger partial charge on any atom is 0.344 e. The minimum absolute atomic E-state index is 0.235. The van der Waals surface area contributed by atoms with Crippen LogP contribution in [0.1, 0.15) is 18.4 Å². The normalized spacial score (nSPS) is 13.3. The maximum absolute atomic E-state index is 11.9. The molecule has 0 aliphatic carbocycles. The molecule has 27 heavy (non-hydrogen) atoms. The Kier molecular flexibility index (Phi) is 6.30. The second-order valence-electron chi connectivity index (χ2n) is 6.56. The minimum Gasteiger partial charge on any atom is -0.482 e. The topological polar surface area (TPSA) is 67.9 Å². The first-order chi connectivity index (χ1) is 13.1. The van der Waals surface area contributed by atoms with Crippen molar-refractivity contribution in [2.24, 2.45) is 0 Å². The quantitative estimate of drug-likeness (QED) is 0.761. The molecule has 0 bridgehead atoms. The van der Waals surface area contributed by atoms with Crippen LogP contribution in [-0.4, -0.2) is 38.2 Å². The van der Waals surface area contributed by atoms with Crippen LogP contribution in [0.4, 0.5) is 11.4 Å². The second-order valence-corrected chi connectivity index (χ2v) is 6.56. The highest BCUT2D eigenvalue weighted by molar-refractivity contribution is 5.93. The molecule has 2 aromatic rings. The van der Waals surface area contributed by atoms with E-state index in [-0.39, 0.29) is 19.1 Å². The summed E-state index contributed by atoms with van der Waals surface area (Å²) >= 11 is 0. The predicted octanol–water partition coefficient (Wildman–Crippen LogP) is 3.16. The van der Waals surface area contributed by atoms with Crippen molar-refractivity contribution in [2.45, 2.75) is 19.8 Å². The molecule has 2 aromatic carbocycles. The van der Waals surface area contributed by atoms with Crippen LogP contribution < -0.4 is 15.0 Å². The fourth-order valence-corrected chi connectivity index (χ4v) is 2.96. The minimum atomic E-state index is -0.587. The Bertz CT molecular complexity index is 783. The van der Waals surface area contributed by atoms with Gasteiger partial charge in [0.2, 0.25) is 0 Å². The molecule has 1 aliphatic heterocycles. The number of ether oxygens (including phenoxy) is 2. The first kappa shape index (κ1) is 18.8. The van der Waals surface area contributed by atoms with Gasteiger partial charge in [0.1, 0.15) is 5.75 Å². The van der Waals surface area contributed by atoms with E-state index in [1.807, 2.05) is 49.4 Å². The summed E-state index contributed by atoms with van der Waals surface area (Å²) in [5.74, 6) is -0.377. The number of nitrogens with zero attached hydrogens (tertiary/aromatic N) is 1. The van der Waals surface area contributed by atoms with E-state index < -0.39 is 5.97 Å². The van der Waals surface area contributed by atoms with Gasteiger partial charge in [0.25, 0.3) is 5.91 Å². The molecule has 3 rings (SSSR count). The van der Waals surface area contributed by atoms with Crippen molar-refractivity contribution in [1.82, 2.24) is 0 Å². The molecule has 0 atom stereocenters. The molecule has 1 amide bonds. The zero-order valence-corrected chi connectivity index (χ0v) is 15.4. The fraction of sp³-hybridized carbons (Fsp3) is 0.333. The van der Waals surface area contributed by atoms with Gasteiger partial charge in [-0.15, -0.1) is 0 Å². The van der Waals surface area contributed by atoms with Crippen LogP contribution in [0.15, 0.2) is 48.5 Å². The number of esters is 1. The summed E-state index contributed by atoms with van der Waals surface area (Å²) in [6, 6.07) is 15.1. The second kappa shape index (κ2) is 9.07. The lowest BCUT2D eigenvalue weighted by molar-refractivity contribution is -0.149. The molecular weight excluding hydrogens is 344 g/mol. The summed E-state index contributed by atoms with van der Waals surface area (Å²) in [6.45, 7) is 3.51. The van der Waals surface area contributed by atoms with Crippen molar-refractivity contribution in [3.8, 4) is 5.75 Å². The molecule has 6 nitrogen and oxygen atoms in total. The summed E-state index contributed by atoms with van der Waals surface area (Å²) in [7, 11) is 0. The van der Waals surface area contributed by atoms with Gasteiger partial charge in [0.15, 0.2) is 13.2 Å². The molecule has 1 aliphatic rings. The van der Waals surface area contributed by atoms with Crippen LogP contribution in [0.2, 0.25) is 0 Å². The van der Waals surface area contributed by atoms with Crippen molar-refractivity contribution in [1.29, 1.82) is 0 Å². The summed E-state index contributed by atoms with van der Waals surface area (Å²) in [5.41, 5.74) is 2.87. The number of aryl methyl sites for hydroxylation is 1. The zero-order valence-electron chi connectivity index (χ0n) is 15.4. The van der Waals surface area contributed by atoms with Gasteiger partial charge in [-0.25, -0.2) is 4.79 Å². The average Bonchev–Trinajstić information content (AvgIpc) is 3.20. The fourth-order valence-electron chi connectivity index (χ4n) is 2.96. The Labute approximate surface area is 159 Å². The van der Waals surface area contributed by atoms with Gasteiger partial charge in [-0.1, -0.05) is 12.1 Å². The van der Waals surface area contributed by atoms with Gasteiger partial charge < -0.3 is 19.7 Å². The van der Waals surface area contributed by atoms with Gasteiger partial charge in [0.05, 0.1) is 0 Å². The first-order valence-corrected chi connectivity index (χ1v) is 9.10. The number of carbonyl (C=O) groups excluding carboxylic acids is 2. The van der Waals surface area contributed by atoms with Gasteiger partial charge in [-0.2, -0.15) is 0 Å². The van der Waals surface area contributed by atoms with Crippen LogP contribution >= 0.6 is 0 Å². The number of anilines is 2. The Morgan fingerprint density at radius 3 is 2.48 bits per heavy atom. The van der Waals surface area contributed by atoms with E-state index >= 15 is 0 Å². The van der Waals surface area contributed by atoms with E-state index in [9.17, 15) is 9.59 Å². The van der Waals surface area contributed by atoms with Crippen molar-refractivity contribution < 1.29 is 19.1 Å². The largest absolute Gasteiger partial charge is 0.482 e. The number of amides is 1. The lowest BCUT2D eigenvalue weighted by atomic mass is 10.2. The van der Waals surface area contributed by atoms with Gasteiger partial charge in [-0.05, 0) is 61.7 Å². The summed E-state index contributed by atoms with van der Waals surface area (Å²) in [6.07, 6.45) is 2.44. The smallest absolute Gasteiger partial charge is 0.344 e. The van der Waals surface area contributed by atoms with E-state index in [4.69, 9.17) is 9.47 Å². The van der Waals surface area contributed by atoms with E-state index in [0.29, 0.717) is 11.4 Å². The summed E-state index contributed by atoms with van der Waals surface area (Å²) < 4.78 is 10.3. The highest BCUT2D eigenvalue weighted by atomic mass is 16.6. The number of rotatable bonds is 7. The van der Waals surface area contributed by atoms with Gasteiger partial charge in [-0.3, -0.25) is 4.79 Å². The number of hydrogen-bond donors (Lipinski definition) is 1. The molecule has 0 radical (unpaired) electrons. The molecule has 0 spiro atoms. The number of carbonyl (C=O) groups is 2. The van der Waals surface area contributed by atoms with Crippen molar-refractivity contribution in [2.75, 3.05) is 36.5 Å². The molecule has 1 fully saturated rings. The first-order valence-electron chi connectivity index (χ1n) is 9.10. The molecule has 1 heterocycles. The Hall–Kier alpha value is -3.02. The molecule has 0 unspecified atom stereocenters. The predicted molar refractivity (Wildman–Crippen MR) is 104 cm³/mol. The third-order valence-electron chi connectivity index (χ3n) is 4.33. The van der Waals surface area contributed by atoms with Crippen molar-refractivity contribution >= 4 is 23.3 Å². The van der Waals surface area contributed by atoms with Crippen LogP contribution in [-0.2, 0) is 14.3 Å². The van der Waals surface area contributed by atoms with Crippen molar-refractivity contribution in [3.63, 3.8) is 0 Å². The monoisotopic (exact) mass is 368 g/mol. The van der Waals surface area contributed by atoms with Crippen LogP contribution in [0.25, 0.3) is 0 Å². The van der Waals surface area contributed by atoms with Crippen LogP contribution in [0.5, 0.6) is 5.75 Å². The molecule has 1 saturated heterocycles. The highest BCUT2D eigenvalue weighted by Crippen LogP contribution is 2.22. The summed E-state index contributed by atoms with van der Waals surface area (Å²) in [4.78, 5) is 26.0. The molecule has 6 heteroatoms. The third-order valence-corrected chi connectivity index (χ3v) is 4.33. The van der Waals surface area contributed by atoms with E-state index in [1.54, 1.807) is 6.07 Å². The van der Waals surface area contributed by atoms with Gasteiger partial charge in [0, 0.05) is 24.5 Å². The van der Waals surface area contributed by atoms with Crippen LogP contribution in [0, 0.1) is 6.92 Å². The zero-order chi connectivity index (χ0) is 19.1. The molecular formula is C21H24N2O4. The maximum atomic E-state index is 11.9. The SMILES string of the molecule is Cc1cccc(OCC(=O)OCC(=O)Nc2ccc(N3CCCC3)cc2)c1. The molecule has 1 N–H and O–H groups in total. The summed E-state index contributed by atoms with van der Waals surface area (Å²) in [5, 5.41) is 2.72. The van der Waals surface area contributed by atoms with Crippen LogP contribution in [0.3, 0.4) is 0 Å². The standard InChI is InChI=1S/C21H24N2O4/c1-16-5-4-6-19(13-16)26-15-21(25)27-14-20(24)22-17-7-9-18(10-8-17)23-11-2-3-12-23/h4-10,13H,2-3,11-12,14-15H2,1H3,(H,22,24). The Morgan fingerprint density at radius 1 is 1.04 bits per heavy atom.